The van der Waals surface area contributed by atoms with Crippen LogP contribution in [0.3, 0.4) is 0 Å². The molecule has 0 fully saturated rings. The molecule has 7 nitrogen and oxygen atoms in total. The molecule has 0 aliphatic carbocycles. The molecule has 0 atom stereocenters. The van der Waals surface area contributed by atoms with Crippen molar-refractivity contribution in [1.29, 1.82) is 0 Å². The number of carbonyl (C=O) groups is 3. The van der Waals surface area contributed by atoms with Crippen molar-refractivity contribution in [2.45, 2.75) is 0 Å². The van der Waals surface area contributed by atoms with Gasteiger partial charge in [0, 0.05) is 10.9 Å². The van der Waals surface area contributed by atoms with E-state index in [4.69, 9.17) is 15.5 Å². The number of carbonyl (C=O) groups excluding carboxylic acids is 3. The Bertz CT molecular complexity index is 1290. The van der Waals surface area contributed by atoms with Crippen LogP contribution in [0, 0.1) is 0 Å². The summed E-state index contributed by atoms with van der Waals surface area (Å²) in [7, 11) is 0. The normalized spacial score (nSPS) is 10.7. The number of nitrogens with two attached hydrogens (primary N) is 1. The van der Waals surface area contributed by atoms with Crippen LogP contribution in [0.2, 0.25) is 0 Å². The molecule has 0 aliphatic rings. The molecule has 3 N–H and O–H groups in total. The maximum atomic E-state index is 12.7. The number of esters is 1. The molecular formula is C23H17N3O4. The molecule has 0 unspecified atom stereocenters. The maximum absolute atomic E-state index is 12.7. The number of pyridine rings is 1. The van der Waals surface area contributed by atoms with E-state index in [1.807, 2.05) is 53.8 Å². The minimum atomic E-state index is -1.01. The first kappa shape index (κ1) is 19.1. The van der Waals surface area contributed by atoms with Crippen molar-refractivity contribution in [3.63, 3.8) is 0 Å². The van der Waals surface area contributed by atoms with Crippen molar-refractivity contribution in [1.82, 2.24) is 10.3 Å². The lowest BCUT2D eigenvalue weighted by Crippen LogP contribution is -2.37. The van der Waals surface area contributed by atoms with E-state index in [-0.39, 0.29) is 5.56 Å². The molecule has 4 aromatic rings. The van der Waals surface area contributed by atoms with E-state index < -0.39 is 24.5 Å². The molecule has 7 heteroatoms. The topological polar surface area (TPSA) is 111 Å². The van der Waals surface area contributed by atoms with Crippen LogP contribution in [0.15, 0.2) is 72.8 Å². The Morgan fingerprint density at radius 1 is 0.900 bits per heavy atom. The van der Waals surface area contributed by atoms with E-state index in [0.717, 1.165) is 16.3 Å². The molecule has 148 valence electrons. The number of nitrogens with zero attached hydrogens (tertiary/aromatic N) is 1. The van der Waals surface area contributed by atoms with E-state index in [2.05, 4.69) is 0 Å². The maximum Gasteiger partial charge on any atom is 0.339 e. The Morgan fingerprint density at radius 3 is 2.40 bits per heavy atom. The highest BCUT2D eigenvalue weighted by Gasteiger charge is 2.17. The summed E-state index contributed by atoms with van der Waals surface area (Å²) in [5.41, 5.74) is 7.28. The van der Waals surface area contributed by atoms with Gasteiger partial charge in [0.25, 0.3) is 5.91 Å². The van der Waals surface area contributed by atoms with Gasteiger partial charge in [0.1, 0.15) is 0 Å². The van der Waals surface area contributed by atoms with Crippen LogP contribution in [0.4, 0.5) is 4.79 Å². The third-order valence-electron chi connectivity index (χ3n) is 4.60. The van der Waals surface area contributed by atoms with Gasteiger partial charge in [-0.1, -0.05) is 60.7 Å². The molecule has 30 heavy (non-hydrogen) atoms. The number of hydrogen-bond acceptors (Lipinski definition) is 5. The van der Waals surface area contributed by atoms with Crippen LogP contribution < -0.4 is 11.1 Å². The lowest BCUT2D eigenvalue weighted by Gasteiger charge is -2.11. The second kappa shape index (κ2) is 8.00. The largest absolute Gasteiger partial charge is 0.452 e. The van der Waals surface area contributed by atoms with Crippen LogP contribution in [0.1, 0.15) is 10.4 Å². The van der Waals surface area contributed by atoms with Gasteiger partial charge in [-0.25, -0.2) is 14.6 Å². The predicted molar refractivity (Wildman–Crippen MR) is 113 cm³/mol. The second-order valence-corrected chi connectivity index (χ2v) is 6.59. The highest BCUT2D eigenvalue weighted by molar-refractivity contribution is 6.06. The van der Waals surface area contributed by atoms with Crippen LogP contribution in [0.5, 0.6) is 0 Å². The molecule has 0 radical (unpaired) electrons. The lowest BCUT2D eigenvalue weighted by molar-refractivity contribution is -0.123. The molecule has 3 amide bonds. The SMILES string of the molecule is NC(=O)NC(=O)COC(=O)c1cc(-c2cccc3ccccc23)nc2ccccc12. The summed E-state index contributed by atoms with van der Waals surface area (Å²) in [6.45, 7) is -0.623. The van der Waals surface area contributed by atoms with Gasteiger partial charge in [-0.3, -0.25) is 10.1 Å². The zero-order chi connectivity index (χ0) is 21.1. The Balaban J connectivity index is 1.77. The minimum absolute atomic E-state index is 0.274. The highest BCUT2D eigenvalue weighted by atomic mass is 16.5. The summed E-state index contributed by atoms with van der Waals surface area (Å²) >= 11 is 0. The van der Waals surface area contributed by atoms with Crippen LogP contribution in [-0.4, -0.2) is 29.5 Å². The number of hydrogen-bond donors (Lipinski definition) is 2. The molecule has 4 rings (SSSR count). The summed E-state index contributed by atoms with van der Waals surface area (Å²) in [6, 6.07) is 21.6. The number of benzene rings is 3. The molecule has 3 aromatic carbocycles. The van der Waals surface area contributed by atoms with Gasteiger partial charge in [0.2, 0.25) is 0 Å². The molecule has 0 bridgehead atoms. The molecular weight excluding hydrogens is 382 g/mol. The molecule has 0 saturated carbocycles. The molecule has 0 aliphatic heterocycles. The van der Waals surface area contributed by atoms with Crippen LogP contribution in [-0.2, 0) is 9.53 Å². The number of amides is 3. The van der Waals surface area contributed by atoms with E-state index in [0.29, 0.717) is 16.6 Å². The van der Waals surface area contributed by atoms with Crippen molar-refractivity contribution < 1.29 is 19.1 Å². The number of fused-ring (bicyclic) bond motifs is 2. The fourth-order valence-electron chi connectivity index (χ4n) is 3.31. The summed E-state index contributed by atoms with van der Waals surface area (Å²) in [5.74, 6) is -1.50. The first-order valence-electron chi connectivity index (χ1n) is 9.17. The van der Waals surface area contributed by atoms with E-state index in [1.54, 1.807) is 24.3 Å². The third-order valence-corrected chi connectivity index (χ3v) is 4.60. The second-order valence-electron chi connectivity index (χ2n) is 6.59. The van der Waals surface area contributed by atoms with Crippen molar-refractivity contribution in [2.75, 3.05) is 6.61 Å². The quantitative estimate of drug-likeness (QED) is 0.511. The van der Waals surface area contributed by atoms with Gasteiger partial charge in [-0.15, -0.1) is 0 Å². The van der Waals surface area contributed by atoms with Crippen molar-refractivity contribution >= 4 is 39.6 Å². The fraction of sp³-hybridized carbons (Fsp3) is 0.0435. The lowest BCUT2D eigenvalue weighted by atomic mass is 9.99. The number of imide groups is 1. The summed E-state index contributed by atoms with van der Waals surface area (Å²) in [4.78, 5) is 39.8. The van der Waals surface area contributed by atoms with E-state index in [1.165, 1.54) is 0 Å². The minimum Gasteiger partial charge on any atom is -0.452 e. The Morgan fingerprint density at radius 2 is 1.60 bits per heavy atom. The third kappa shape index (κ3) is 3.81. The number of rotatable bonds is 4. The van der Waals surface area contributed by atoms with Crippen LogP contribution in [0.25, 0.3) is 32.9 Å². The van der Waals surface area contributed by atoms with Gasteiger partial charge >= 0.3 is 12.0 Å². The zero-order valence-electron chi connectivity index (χ0n) is 15.8. The smallest absolute Gasteiger partial charge is 0.339 e. The van der Waals surface area contributed by atoms with Crippen molar-refractivity contribution in [3.05, 3.63) is 78.4 Å². The van der Waals surface area contributed by atoms with Gasteiger partial charge in [-0.05, 0) is 22.9 Å². The Kier molecular flexibility index (Phi) is 5.09. The first-order valence-corrected chi connectivity index (χ1v) is 9.17. The fourth-order valence-corrected chi connectivity index (χ4v) is 3.31. The number of aromatic nitrogens is 1. The molecule has 0 saturated heterocycles. The average molecular weight is 399 g/mol. The highest BCUT2D eigenvalue weighted by Crippen LogP contribution is 2.30. The standard InChI is InChI=1S/C23H17N3O4/c24-23(29)26-21(27)13-30-22(28)18-12-20(25-19-11-4-3-9-17(18)19)16-10-5-7-14-6-1-2-8-15(14)16/h1-12H,13H2,(H3,24,26,27,29). The Hall–Kier alpha value is -4.26. The van der Waals surface area contributed by atoms with Crippen molar-refractivity contribution in [3.8, 4) is 11.3 Å². The molecule has 0 spiro atoms. The van der Waals surface area contributed by atoms with Gasteiger partial charge < -0.3 is 10.5 Å². The van der Waals surface area contributed by atoms with Gasteiger partial charge in [0.05, 0.1) is 16.8 Å². The summed E-state index contributed by atoms with van der Waals surface area (Å²) in [6.07, 6.45) is 0. The number of nitrogens with one attached hydrogen (secondary N) is 1. The van der Waals surface area contributed by atoms with Crippen molar-refractivity contribution in [2.24, 2.45) is 5.73 Å². The van der Waals surface area contributed by atoms with Gasteiger partial charge in [-0.2, -0.15) is 0 Å². The number of para-hydroxylation sites is 1. The number of urea groups is 1. The monoisotopic (exact) mass is 399 g/mol. The predicted octanol–water partition coefficient (Wildman–Crippen LogP) is 3.41. The summed E-state index contributed by atoms with van der Waals surface area (Å²) < 4.78 is 5.09. The first-order chi connectivity index (χ1) is 14.5. The zero-order valence-corrected chi connectivity index (χ0v) is 15.8. The summed E-state index contributed by atoms with van der Waals surface area (Å²) in [5, 5.41) is 4.51. The number of ether oxygens (including phenoxy) is 1. The van der Waals surface area contributed by atoms with Gasteiger partial charge in [0.15, 0.2) is 6.61 Å². The number of primary amides is 1. The molecule has 1 heterocycles. The molecule has 1 aromatic heterocycles. The van der Waals surface area contributed by atoms with E-state index >= 15 is 0 Å². The van der Waals surface area contributed by atoms with Crippen LogP contribution >= 0.6 is 0 Å². The van der Waals surface area contributed by atoms with E-state index in [9.17, 15) is 14.4 Å². The Labute approximate surface area is 171 Å². The average Bonchev–Trinajstić information content (AvgIpc) is 2.76.